The van der Waals surface area contributed by atoms with E-state index in [1.54, 1.807) is 32.4 Å². The van der Waals surface area contributed by atoms with Gasteiger partial charge in [-0.2, -0.15) is 0 Å². The highest BCUT2D eigenvalue weighted by atomic mass is 16.5. The zero-order chi connectivity index (χ0) is 20.6. The minimum absolute atomic E-state index is 0.266. The molecule has 0 fully saturated rings. The minimum Gasteiger partial charge on any atom is -0.493 e. The fourth-order valence-electron chi connectivity index (χ4n) is 2.85. The molecule has 1 N–H and O–H groups in total. The van der Waals surface area contributed by atoms with Crippen molar-refractivity contribution in [1.82, 2.24) is 15.5 Å². The van der Waals surface area contributed by atoms with Crippen molar-refractivity contribution >= 4 is 11.7 Å². The third-order valence-electron chi connectivity index (χ3n) is 4.44. The molecule has 0 atom stereocenters. The number of amides is 1. The Bertz CT molecular complexity index is 946. The van der Waals surface area contributed by atoms with Crippen molar-refractivity contribution in [2.24, 2.45) is 0 Å². The molecule has 2 aromatic carbocycles. The SMILES string of the molecule is COc1ccc(CNC(=O)c2ccc(N(C)Cc3ccccc3)nn2)cc1OC. The van der Waals surface area contributed by atoms with Gasteiger partial charge in [-0.25, -0.2) is 0 Å². The molecule has 150 valence electrons. The highest BCUT2D eigenvalue weighted by Gasteiger charge is 2.11. The van der Waals surface area contributed by atoms with Crippen molar-refractivity contribution in [3.8, 4) is 11.5 Å². The van der Waals surface area contributed by atoms with E-state index in [9.17, 15) is 4.79 Å². The Morgan fingerprint density at radius 2 is 1.69 bits per heavy atom. The number of benzene rings is 2. The lowest BCUT2D eigenvalue weighted by atomic mass is 10.2. The summed E-state index contributed by atoms with van der Waals surface area (Å²) in [4.78, 5) is 14.4. The molecule has 1 aromatic heterocycles. The second-order valence-corrected chi connectivity index (χ2v) is 6.49. The first-order chi connectivity index (χ1) is 14.1. The first-order valence-electron chi connectivity index (χ1n) is 9.18. The van der Waals surface area contributed by atoms with Gasteiger partial charge in [0.2, 0.25) is 0 Å². The van der Waals surface area contributed by atoms with E-state index < -0.39 is 0 Å². The average molecular weight is 392 g/mol. The van der Waals surface area contributed by atoms with Crippen LogP contribution in [0.4, 0.5) is 5.82 Å². The van der Waals surface area contributed by atoms with E-state index in [1.165, 1.54) is 5.56 Å². The van der Waals surface area contributed by atoms with Crippen LogP contribution in [0.15, 0.2) is 60.7 Å². The maximum atomic E-state index is 12.4. The zero-order valence-electron chi connectivity index (χ0n) is 16.8. The van der Waals surface area contributed by atoms with Gasteiger partial charge in [-0.1, -0.05) is 36.4 Å². The van der Waals surface area contributed by atoms with E-state index >= 15 is 0 Å². The molecule has 7 heteroatoms. The van der Waals surface area contributed by atoms with Crippen LogP contribution in [-0.2, 0) is 13.1 Å². The summed E-state index contributed by atoms with van der Waals surface area (Å²) in [7, 11) is 5.10. The van der Waals surface area contributed by atoms with Crippen LogP contribution in [0.2, 0.25) is 0 Å². The minimum atomic E-state index is -0.287. The summed E-state index contributed by atoms with van der Waals surface area (Å²) in [5, 5.41) is 11.1. The number of ether oxygens (including phenoxy) is 2. The van der Waals surface area contributed by atoms with Gasteiger partial charge in [-0.15, -0.1) is 10.2 Å². The lowest BCUT2D eigenvalue weighted by Gasteiger charge is -2.17. The molecule has 0 unspecified atom stereocenters. The monoisotopic (exact) mass is 392 g/mol. The summed E-state index contributed by atoms with van der Waals surface area (Å²) in [6, 6.07) is 19.1. The van der Waals surface area contributed by atoms with Crippen molar-refractivity contribution in [3.63, 3.8) is 0 Å². The summed E-state index contributed by atoms with van der Waals surface area (Å²) in [5.41, 5.74) is 2.33. The first kappa shape index (κ1) is 20.1. The summed E-state index contributed by atoms with van der Waals surface area (Å²) in [6.45, 7) is 1.05. The first-order valence-corrected chi connectivity index (χ1v) is 9.18. The Morgan fingerprint density at radius 1 is 0.931 bits per heavy atom. The molecule has 0 saturated carbocycles. The number of hydrogen-bond acceptors (Lipinski definition) is 6. The maximum absolute atomic E-state index is 12.4. The Morgan fingerprint density at radius 3 is 2.34 bits per heavy atom. The molecule has 29 heavy (non-hydrogen) atoms. The van der Waals surface area contributed by atoms with Crippen molar-refractivity contribution in [2.75, 3.05) is 26.2 Å². The summed E-state index contributed by atoms with van der Waals surface area (Å²) < 4.78 is 10.5. The molecule has 0 bridgehead atoms. The molecule has 7 nitrogen and oxygen atoms in total. The third-order valence-corrected chi connectivity index (χ3v) is 4.44. The molecule has 0 radical (unpaired) electrons. The number of carbonyl (C=O) groups excluding carboxylic acids is 1. The number of methoxy groups -OCH3 is 2. The van der Waals surface area contributed by atoms with E-state index in [0.717, 1.165) is 5.56 Å². The van der Waals surface area contributed by atoms with E-state index in [-0.39, 0.29) is 11.6 Å². The molecule has 0 aliphatic carbocycles. The van der Waals surface area contributed by atoms with Gasteiger partial charge < -0.3 is 19.7 Å². The largest absolute Gasteiger partial charge is 0.493 e. The van der Waals surface area contributed by atoms with Gasteiger partial charge in [0.15, 0.2) is 23.0 Å². The Labute approximate surface area is 170 Å². The molecule has 3 aromatic rings. The Kier molecular flexibility index (Phi) is 6.63. The highest BCUT2D eigenvalue weighted by molar-refractivity contribution is 5.92. The van der Waals surface area contributed by atoms with Crippen LogP contribution in [0.5, 0.6) is 11.5 Å². The second kappa shape index (κ2) is 9.54. The number of rotatable bonds is 8. The van der Waals surface area contributed by atoms with Gasteiger partial charge >= 0.3 is 0 Å². The number of hydrogen-bond donors (Lipinski definition) is 1. The number of carbonyl (C=O) groups is 1. The Hall–Kier alpha value is -3.61. The molecule has 0 saturated heterocycles. The molecular formula is C22H24N4O3. The van der Waals surface area contributed by atoms with Gasteiger partial charge in [0, 0.05) is 20.1 Å². The topological polar surface area (TPSA) is 76.6 Å². The lowest BCUT2D eigenvalue weighted by Crippen LogP contribution is -2.25. The molecule has 0 spiro atoms. The zero-order valence-corrected chi connectivity index (χ0v) is 16.8. The summed E-state index contributed by atoms with van der Waals surface area (Å²) >= 11 is 0. The van der Waals surface area contributed by atoms with E-state index in [0.29, 0.717) is 30.4 Å². The van der Waals surface area contributed by atoms with Gasteiger partial charge in [0.05, 0.1) is 14.2 Å². The number of nitrogens with zero attached hydrogens (tertiary/aromatic N) is 3. The smallest absolute Gasteiger partial charge is 0.272 e. The normalized spacial score (nSPS) is 10.3. The summed E-state index contributed by atoms with van der Waals surface area (Å²) in [6.07, 6.45) is 0. The van der Waals surface area contributed by atoms with E-state index in [4.69, 9.17) is 9.47 Å². The molecule has 1 amide bonds. The van der Waals surface area contributed by atoms with Crippen molar-refractivity contribution in [2.45, 2.75) is 13.1 Å². The van der Waals surface area contributed by atoms with Crippen LogP contribution >= 0.6 is 0 Å². The second-order valence-electron chi connectivity index (χ2n) is 6.49. The van der Waals surface area contributed by atoms with E-state index in [2.05, 4.69) is 27.6 Å². The fraction of sp³-hybridized carbons (Fsp3) is 0.227. The van der Waals surface area contributed by atoms with Crippen molar-refractivity contribution in [3.05, 3.63) is 77.5 Å². The number of anilines is 1. The van der Waals surface area contributed by atoms with Crippen LogP contribution in [0.25, 0.3) is 0 Å². The van der Waals surface area contributed by atoms with Gasteiger partial charge in [-0.3, -0.25) is 4.79 Å². The highest BCUT2D eigenvalue weighted by Crippen LogP contribution is 2.27. The predicted molar refractivity (Wildman–Crippen MR) is 111 cm³/mol. The van der Waals surface area contributed by atoms with Crippen molar-refractivity contribution < 1.29 is 14.3 Å². The summed E-state index contributed by atoms with van der Waals surface area (Å²) in [5.74, 6) is 1.67. The number of nitrogens with one attached hydrogen (secondary N) is 1. The molecule has 1 heterocycles. The molecule has 0 aliphatic heterocycles. The fourth-order valence-corrected chi connectivity index (χ4v) is 2.85. The van der Waals surface area contributed by atoms with Crippen LogP contribution < -0.4 is 19.7 Å². The van der Waals surface area contributed by atoms with Gasteiger partial charge in [0.25, 0.3) is 5.91 Å². The average Bonchev–Trinajstić information content (AvgIpc) is 2.78. The van der Waals surface area contributed by atoms with Crippen LogP contribution in [0, 0.1) is 0 Å². The van der Waals surface area contributed by atoms with E-state index in [1.807, 2.05) is 42.3 Å². The van der Waals surface area contributed by atoms with Crippen molar-refractivity contribution in [1.29, 1.82) is 0 Å². The Balaban J connectivity index is 1.59. The lowest BCUT2D eigenvalue weighted by molar-refractivity contribution is 0.0945. The standard InChI is InChI=1S/C22H24N4O3/c1-26(15-16-7-5-4-6-8-16)21-12-10-18(24-25-21)22(27)23-14-17-9-11-19(28-2)20(13-17)29-3/h4-13H,14-15H2,1-3H3,(H,23,27). The van der Waals surface area contributed by atoms with Gasteiger partial charge in [-0.05, 0) is 35.4 Å². The maximum Gasteiger partial charge on any atom is 0.272 e. The van der Waals surface area contributed by atoms with Crippen LogP contribution in [-0.4, -0.2) is 37.4 Å². The molecule has 0 aliphatic rings. The van der Waals surface area contributed by atoms with Gasteiger partial charge in [0.1, 0.15) is 0 Å². The quantitative estimate of drug-likeness (QED) is 0.635. The third kappa shape index (κ3) is 5.22. The molecular weight excluding hydrogens is 368 g/mol. The molecule has 3 rings (SSSR count). The van der Waals surface area contributed by atoms with Crippen LogP contribution in [0.3, 0.4) is 0 Å². The predicted octanol–water partition coefficient (Wildman–Crippen LogP) is 3.06. The van der Waals surface area contributed by atoms with Crippen LogP contribution in [0.1, 0.15) is 21.6 Å². The number of aromatic nitrogens is 2.